The highest BCUT2D eigenvalue weighted by Crippen LogP contribution is 2.30. The number of carbonyl (C=O) groups excluding carboxylic acids is 2. The van der Waals surface area contributed by atoms with Gasteiger partial charge in [0.2, 0.25) is 5.91 Å². The number of unbranched alkanes of at least 4 members (excludes halogenated alkanes) is 1. The van der Waals surface area contributed by atoms with Crippen molar-refractivity contribution in [3.63, 3.8) is 0 Å². The van der Waals surface area contributed by atoms with E-state index in [4.69, 9.17) is 9.47 Å². The van der Waals surface area contributed by atoms with Gasteiger partial charge in [0.05, 0.1) is 0 Å². The van der Waals surface area contributed by atoms with Crippen LogP contribution < -0.4 is 5.32 Å². The molecular weight excluding hydrogens is 330 g/mol. The molecule has 5 heteroatoms. The van der Waals surface area contributed by atoms with Gasteiger partial charge in [-0.2, -0.15) is 0 Å². The number of nitrogens with one attached hydrogen (secondary N) is 1. The summed E-state index contributed by atoms with van der Waals surface area (Å²) in [5.74, 6) is 0.857. The average molecular weight is 370 g/mol. The van der Waals surface area contributed by atoms with Crippen molar-refractivity contribution in [2.75, 3.05) is 33.0 Å². The molecule has 0 aromatic rings. The highest BCUT2D eigenvalue weighted by molar-refractivity contribution is 5.83. The highest BCUT2D eigenvalue weighted by Gasteiger charge is 2.30. The second-order valence-electron chi connectivity index (χ2n) is 7.68. The number of carbonyl (C=O) groups is 2. The van der Waals surface area contributed by atoms with E-state index in [1.807, 2.05) is 13.8 Å². The largest absolute Gasteiger partial charge is 0.381 e. The van der Waals surface area contributed by atoms with Crippen molar-refractivity contribution >= 4 is 11.7 Å². The van der Waals surface area contributed by atoms with Gasteiger partial charge in [-0.25, -0.2) is 0 Å². The maximum Gasteiger partial charge on any atom is 0.223 e. The van der Waals surface area contributed by atoms with E-state index in [1.165, 1.54) is 0 Å². The Labute approximate surface area is 159 Å². The predicted octanol–water partition coefficient (Wildman–Crippen LogP) is 3.75. The molecule has 0 unspecified atom stereocenters. The third-order valence-electron chi connectivity index (χ3n) is 5.01. The van der Waals surface area contributed by atoms with Crippen LogP contribution in [-0.4, -0.2) is 44.7 Å². The van der Waals surface area contributed by atoms with Crippen molar-refractivity contribution < 1.29 is 19.1 Å². The molecule has 0 spiro atoms. The van der Waals surface area contributed by atoms with E-state index >= 15 is 0 Å². The standard InChI is InChI=1S/C21H39NO4/c1-4-13-25-14-5-6-15-26-16-7-12-22-21(24)19-10-8-18(9-11-19)20(23)17(2)3/h17-19H,4-16H2,1-3H3,(H,22,24). The molecule has 0 atom stereocenters. The van der Waals surface area contributed by atoms with E-state index < -0.39 is 0 Å². The van der Waals surface area contributed by atoms with E-state index in [1.54, 1.807) is 0 Å². The van der Waals surface area contributed by atoms with Gasteiger partial charge in [0.15, 0.2) is 0 Å². The number of amides is 1. The number of Topliss-reactive ketones (excluding diaryl/α,β-unsaturated/α-hetero) is 1. The van der Waals surface area contributed by atoms with Crippen molar-refractivity contribution in [2.45, 2.75) is 72.1 Å². The second kappa shape index (κ2) is 14.2. The van der Waals surface area contributed by atoms with Gasteiger partial charge in [-0.05, 0) is 51.4 Å². The molecule has 1 fully saturated rings. The summed E-state index contributed by atoms with van der Waals surface area (Å²) in [7, 11) is 0. The molecular formula is C21H39NO4. The monoisotopic (exact) mass is 369 g/mol. The number of hydrogen-bond donors (Lipinski definition) is 1. The van der Waals surface area contributed by atoms with Crippen LogP contribution in [0.2, 0.25) is 0 Å². The Morgan fingerprint density at radius 2 is 1.42 bits per heavy atom. The van der Waals surface area contributed by atoms with Gasteiger partial charge in [-0.15, -0.1) is 0 Å². The van der Waals surface area contributed by atoms with E-state index in [-0.39, 0.29) is 23.7 Å². The van der Waals surface area contributed by atoms with Crippen LogP contribution in [0.25, 0.3) is 0 Å². The average Bonchev–Trinajstić information content (AvgIpc) is 2.65. The minimum Gasteiger partial charge on any atom is -0.381 e. The van der Waals surface area contributed by atoms with Crippen LogP contribution in [0.15, 0.2) is 0 Å². The van der Waals surface area contributed by atoms with Crippen LogP contribution in [0.4, 0.5) is 0 Å². The smallest absolute Gasteiger partial charge is 0.223 e. The summed E-state index contributed by atoms with van der Waals surface area (Å²) in [6, 6.07) is 0. The minimum absolute atomic E-state index is 0.0789. The second-order valence-corrected chi connectivity index (χ2v) is 7.68. The Kier molecular flexibility index (Phi) is 12.6. The quantitative estimate of drug-likeness (QED) is 0.474. The summed E-state index contributed by atoms with van der Waals surface area (Å²) in [6.07, 6.45) is 7.38. The van der Waals surface area contributed by atoms with Crippen LogP contribution in [0, 0.1) is 17.8 Å². The van der Waals surface area contributed by atoms with E-state index in [0.717, 1.165) is 71.2 Å². The van der Waals surface area contributed by atoms with Crippen LogP contribution >= 0.6 is 0 Å². The molecule has 26 heavy (non-hydrogen) atoms. The fourth-order valence-electron chi connectivity index (χ4n) is 3.40. The highest BCUT2D eigenvalue weighted by atomic mass is 16.5. The van der Waals surface area contributed by atoms with Crippen molar-refractivity contribution in [2.24, 2.45) is 17.8 Å². The molecule has 1 aliphatic carbocycles. The Bertz CT molecular complexity index is 389. The zero-order valence-electron chi connectivity index (χ0n) is 17.1. The summed E-state index contributed by atoms with van der Waals surface area (Å²) in [5, 5.41) is 3.02. The fourth-order valence-corrected chi connectivity index (χ4v) is 3.40. The van der Waals surface area contributed by atoms with E-state index in [0.29, 0.717) is 18.9 Å². The molecule has 0 bridgehead atoms. The molecule has 0 aromatic carbocycles. The van der Waals surface area contributed by atoms with Gasteiger partial charge >= 0.3 is 0 Å². The summed E-state index contributed by atoms with van der Waals surface area (Å²) < 4.78 is 11.0. The van der Waals surface area contributed by atoms with Gasteiger partial charge in [0.25, 0.3) is 0 Å². The van der Waals surface area contributed by atoms with Crippen molar-refractivity contribution in [3.8, 4) is 0 Å². The number of ketones is 1. The van der Waals surface area contributed by atoms with Gasteiger partial charge < -0.3 is 14.8 Å². The molecule has 0 radical (unpaired) electrons. The summed E-state index contributed by atoms with van der Waals surface area (Å²) >= 11 is 0. The Morgan fingerprint density at radius 3 is 2.00 bits per heavy atom. The van der Waals surface area contributed by atoms with Gasteiger partial charge in [0, 0.05) is 50.7 Å². The molecule has 1 saturated carbocycles. The zero-order valence-corrected chi connectivity index (χ0v) is 17.1. The van der Waals surface area contributed by atoms with E-state index in [2.05, 4.69) is 12.2 Å². The molecule has 152 valence electrons. The molecule has 0 aliphatic heterocycles. The molecule has 1 amide bonds. The summed E-state index contributed by atoms with van der Waals surface area (Å²) in [6.45, 7) is 9.81. The first-order valence-corrected chi connectivity index (χ1v) is 10.5. The molecule has 0 saturated heterocycles. The van der Waals surface area contributed by atoms with Crippen molar-refractivity contribution in [1.29, 1.82) is 0 Å². The number of rotatable bonds is 14. The van der Waals surface area contributed by atoms with Crippen molar-refractivity contribution in [1.82, 2.24) is 5.32 Å². The Hall–Kier alpha value is -0.940. The number of hydrogen-bond acceptors (Lipinski definition) is 4. The first-order valence-electron chi connectivity index (χ1n) is 10.5. The van der Waals surface area contributed by atoms with Crippen LogP contribution in [0.5, 0.6) is 0 Å². The van der Waals surface area contributed by atoms with E-state index in [9.17, 15) is 9.59 Å². The first kappa shape index (κ1) is 23.1. The SMILES string of the molecule is CCCOCCCCOCCCNC(=O)C1CCC(C(=O)C(C)C)CC1. The molecule has 0 aromatic heterocycles. The maximum atomic E-state index is 12.2. The lowest BCUT2D eigenvalue weighted by atomic mass is 9.77. The normalized spacial score (nSPS) is 20.3. The van der Waals surface area contributed by atoms with Gasteiger partial charge in [-0.1, -0.05) is 20.8 Å². The first-order chi connectivity index (χ1) is 12.6. The third-order valence-corrected chi connectivity index (χ3v) is 5.01. The fraction of sp³-hybridized carbons (Fsp3) is 0.905. The lowest BCUT2D eigenvalue weighted by Crippen LogP contribution is -2.35. The molecule has 0 heterocycles. The minimum atomic E-state index is 0.0789. The molecule has 5 nitrogen and oxygen atoms in total. The third kappa shape index (κ3) is 9.67. The lowest BCUT2D eigenvalue weighted by molar-refractivity contribution is -0.130. The Morgan fingerprint density at radius 1 is 0.885 bits per heavy atom. The topological polar surface area (TPSA) is 64.6 Å². The van der Waals surface area contributed by atoms with Gasteiger partial charge in [0.1, 0.15) is 5.78 Å². The molecule has 1 N–H and O–H groups in total. The molecule has 1 rings (SSSR count). The summed E-state index contributed by atoms with van der Waals surface area (Å²) in [5.41, 5.74) is 0. The predicted molar refractivity (Wildman–Crippen MR) is 104 cm³/mol. The summed E-state index contributed by atoms with van der Waals surface area (Å²) in [4.78, 5) is 24.3. The Balaban J connectivity index is 1.97. The molecule has 1 aliphatic rings. The van der Waals surface area contributed by atoms with Crippen LogP contribution in [0.3, 0.4) is 0 Å². The van der Waals surface area contributed by atoms with Crippen LogP contribution in [-0.2, 0) is 19.1 Å². The van der Waals surface area contributed by atoms with Gasteiger partial charge in [-0.3, -0.25) is 9.59 Å². The number of ether oxygens (including phenoxy) is 2. The maximum absolute atomic E-state index is 12.2. The lowest BCUT2D eigenvalue weighted by Gasteiger charge is -2.27. The van der Waals surface area contributed by atoms with Crippen molar-refractivity contribution in [3.05, 3.63) is 0 Å². The van der Waals surface area contributed by atoms with Crippen LogP contribution in [0.1, 0.15) is 72.1 Å². The zero-order chi connectivity index (χ0) is 19.2.